The van der Waals surface area contributed by atoms with Crippen LogP contribution in [-0.2, 0) is 12.5 Å². The Morgan fingerprint density at radius 1 is 1.36 bits per heavy atom. The van der Waals surface area contributed by atoms with Crippen LogP contribution in [0.5, 0.6) is 0 Å². The molecule has 1 aromatic carbocycles. The van der Waals surface area contributed by atoms with Gasteiger partial charge < -0.3 is 10.8 Å². The number of aliphatic hydroxyl groups excluding tert-OH is 1. The molecule has 0 heterocycles. The second-order valence-electron chi connectivity index (χ2n) is 2.85. The summed E-state index contributed by atoms with van der Waals surface area (Å²) in [5.74, 6) is -4.61. The molecule has 0 amide bonds. The number of rotatable bonds is 3. The maximum Gasteiger partial charge on any atom is 0.298 e. The normalized spacial score (nSPS) is 11.8. The van der Waals surface area contributed by atoms with Crippen LogP contribution in [0.15, 0.2) is 18.2 Å². The van der Waals surface area contributed by atoms with Crippen LogP contribution in [0, 0.1) is 5.82 Å². The topological polar surface area (TPSA) is 46.2 Å². The summed E-state index contributed by atoms with van der Waals surface area (Å²) in [4.78, 5) is 0. The Morgan fingerprint density at radius 3 is 2.50 bits per heavy atom. The summed E-state index contributed by atoms with van der Waals surface area (Å²) in [5.41, 5.74) is 4.35. The summed E-state index contributed by atoms with van der Waals surface area (Å²) in [7, 11) is 0. The summed E-state index contributed by atoms with van der Waals surface area (Å²) < 4.78 is 39.1. The quantitative estimate of drug-likeness (QED) is 0.782. The van der Waals surface area contributed by atoms with Gasteiger partial charge in [-0.1, -0.05) is 12.1 Å². The number of hydrogen-bond acceptors (Lipinski definition) is 2. The van der Waals surface area contributed by atoms with E-state index in [1.165, 1.54) is 12.1 Å². The fourth-order valence-corrected chi connectivity index (χ4v) is 1.11. The second kappa shape index (κ2) is 3.98. The van der Waals surface area contributed by atoms with Gasteiger partial charge in [0.1, 0.15) is 12.4 Å². The number of nitrogens with two attached hydrogens (primary N) is 1. The molecule has 5 heteroatoms. The summed E-state index contributed by atoms with van der Waals surface area (Å²) >= 11 is 0. The summed E-state index contributed by atoms with van der Waals surface area (Å²) in [6, 6.07) is 3.54. The van der Waals surface area contributed by atoms with Gasteiger partial charge in [-0.2, -0.15) is 8.78 Å². The van der Waals surface area contributed by atoms with Crippen LogP contribution in [0.1, 0.15) is 11.1 Å². The van der Waals surface area contributed by atoms with Gasteiger partial charge in [0.15, 0.2) is 0 Å². The van der Waals surface area contributed by atoms with Gasteiger partial charge in [0.05, 0.1) is 5.56 Å². The van der Waals surface area contributed by atoms with Crippen molar-refractivity contribution in [1.29, 1.82) is 0 Å². The maximum atomic E-state index is 13.3. The number of alkyl halides is 2. The smallest absolute Gasteiger partial charge is 0.298 e. The lowest BCUT2D eigenvalue weighted by Gasteiger charge is -2.15. The highest BCUT2D eigenvalue weighted by Gasteiger charge is 2.34. The third kappa shape index (κ3) is 1.88. The van der Waals surface area contributed by atoms with Gasteiger partial charge in [0, 0.05) is 12.1 Å². The Bertz CT molecular complexity index is 328. The van der Waals surface area contributed by atoms with Crippen molar-refractivity contribution in [3.8, 4) is 0 Å². The van der Waals surface area contributed by atoms with Gasteiger partial charge in [-0.3, -0.25) is 0 Å². The average Bonchev–Trinajstić information content (AvgIpc) is 2.18. The lowest BCUT2D eigenvalue weighted by molar-refractivity contribution is -0.0583. The monoisotopic (exact) mass is 205 g/mol. The largest absolute Gasteiger partial charge is 0.390 e. The maximum absolute atomic E-state index is 13.3. The van der Waals surface area contributed by atoms with E-state index in [9.17, 15) is 13.2 Å². The number of benzene rings is 1. The highest BCUT2D eigenvalue weighted by atomic mass is 19.3. The third-order valence-electron chi connectivity index (χ3n) is 1.89. The first kappa shape index (κ1) is 11.0. The zero-order valence-electron chi connectivity index (χ0n) is 7.30. The van der Waals surface area contributed by atoms with E-state index in [1.807, 2.05) is 0 Å². The molecule has 0 radical (unpaired) electrons. The van der Waals surface area contributed by atoms with Gasteiger partial charge in [-0.15, -0.1) is 0 Å². The van der Waals surface area contributed by atoms with Crippen LogP contribution in [0.3, 0.4) is 0 Å². The molecule has 1 rings (SSSR count). The van der Waals surface area contributed by atoms with Crippen LogP contribution in [0.25, 0.3) is 0 Å². The average molecular weight is 205 g/mol. The van der Waals surface area contributed by atoms with Crippen molar-refractivity contribution in [2.24, 2.45) is 5.73 Å². The first-order valence-corrected chi connectivity index (χ1v) is 3.99. The second-order valence-corrected chi connectivity index (χ2v) is 2.85. The fourth-order valence-electron chi connectivity index (χ4n) is 1.11. The van der Waals surface area contributed by atoms with Crippen LogP contribution in [-0.4, -0.2) is 11.7 Å². The molecule has 1 aromatic rings. The molecule has 0 bridgehead atoms. The molecule has 0 aromatic heterocycles. The minimum Gasteiger partial charge on any atom is -0.390 e. The van der Waals surface area contributed by atoms with E-state index in [1.54, 1.807) is 0 Å². The van der Waals surface area contributed by atoms with E-state index < -0.39 is 23.9 Å². The fraction of sp³-hybridized carbons (Fsp3) is 0.333. The van der Waals surface area contributed by atoms with Gasteiger partial charge in [0.25, 0.3) is 5.92 Å². The van der Waals surface area contributed by atoms with E-state index in [2.05, 4.69) is 0 Å². The van der Waals surface area contributed by atoms with Gasteiger partial charge in [-0.05, 0) is 6.07 Å². The molecule has 0 spiro atoms. The molecule has 3 N–H and O–H groups in total. The molecule has 0 unspecified atom stereocenters. The number of halogens is 3. The Kier molecular flexibility index (Phi) is 3.13. The van der Waals surface area contributed by atoms with Crippen molar-refractivity contribution in [2.45, 2.75) is 12.5 Å². The zero-order valence-corrected chi connectivity index (χ0v) is 7.30. The highest BCUT2D eigenvalue weighted by Crippen LogP contribution is 2.30. The molecule has 0 fully saturated rings. The van der Waals surface area contributed by atoms with E-state index in [-0.39, 0.29) is 12.1 Å². The van der Waals surface area contributed by atoms with E-state index in [0.29, 0.717) is 0 Å². The zero-order chi connectivity index (χ0) is 10.8. The lowest BCUT2D eigenvalue weighted by atomic mass is 10.0. The van der Waals surface area contributed by atoms with Crippen LogP contribution in [0.4, 0.5) is 13.2 Å². The van der Waals surface area contributed by atoms with Crippen molar-refractivity contribution in [2.75, 3.05) is 6.61 Å². The van der Waals surface area contributed by atoms with Gasteiger partial charge >= 0.3 is 0 Å². The summed E-state index contributed by atoms with van der Waals surface area (Å²) in [6.45, 7) is -1.57. The predicted molar refractivity (Wildman–Crippen MR) is 45.3 cm³/mol. The van der Waals surface area contributed by atoms with Crippen molar-refractivity contribution >= 4 is 0 Å². The molecular weight excluding hydrogens is 195 g/mol. The Balaban J connectivity index is 3.22. The Morgan fingerprint density at radius 2 is 2.00 bits per heavy atom. The molecule has 78 valence electrons. The standard InChI is InChI=1S/C9H10F3NO/c10-8-6(4-13)2-1-3-7(8)9(11,12)5-14/h1-3,14H,4-5,13H2. The van der Waals surface area contributed by atoms with Crippen molar-refractivity contribution in [1.82, 2.24) is 0 Å². The molecule has 0 saturated carbocycles. The molecular formula is C9H10F3NO. The first-order valence-electron chi connectivity index (χ1n) is 3.99. The molecule has 0 aliphatic rings. The van der Waals surface area contributed by atoms with Crippen molar-refractivity contribution < 1.29 is 18.3 Å². The van der Waals surface area contributed by atoms with Gasteiger partial charge in [-0.25, -0.2) is 4.39 Å². The summed E-state index contributed by atoms with van der Waals surface area (Å²) in [5, 5.41) is 8.39. The minimum absolute atomic E-state index is 0.00984. The third-order valence-corrected chi connectivity index (χ3v) is 1.89. The van der Waals surface area contributed by atoms with E-state index >= 15 is 0 Å². The molecule has 14 heavy (non-hydrogen) atoms. The molecule has 2 nitrogen and oxygen atoms in total. The number of hydrogen-bond donors (Lipinski definition) is 2. The van der Waals surface area contributed by atoms with Crippen LogP contribution in [0.2, 0.25) is 0 Å². The molecule has 0 atom stereocenters. The highest BCUT2D eigenvalue weighted by molar-refractivity contribution is 5.29. The summed E-state index contributed by atoms with van der Waals surface area (Å²) in [6.07, 6.45) is 0. The minimum atomic E-state index is -3.56. The van der Waals surface area contributed by atoms with E-state index in [0.717, 1.165) is 6.07 Å². The van der Waals surface area contributed by atoms with Crippen LogP contribution < -0.4 is 5.73 Å². The van der Waals surface area contributed by atoms with E-state index in [4.69, 9.17) is 10.8 Å². The SMILES string of the molecule is NCc1cccc(C(F)(F)CO)c1F. The Labute approximate surface area is 79.2 Å². The lowest BCUT2D eigenvalue weighted by Crippen LogP contribution is -2.21. The van der Waals surface area contributed by atoms with Crippen molar-refractivity contribution in [3.05, 3.63) is 35.1 Å². The molecule has 0 aliphatic heterocycles. The molecule has 0 saturated heterocycles. The first-order chi connectivity index (χ1) is 6.53. The Hall–Kier alpha value is -1.07. The molecule has 0 aliphatic carbocycles. The number of aliphatic hydroxyl groups is 1. The predicted octanol–water partition coefficient (Wildman–Crippen LogP) is 1.37. The van der Waals surface area contributed by atoms with Gasteiger partial charge in [0.2, 0.25) is 0 Å². The van der Waals surface area contributed by atoms with Crippen molar-refractivity contribution in [3.63, 3.8) is 0 Å². The van der Waals surface area contributed by atoms with Crippen LogP contribution >= 0.6 is 0 Å².